The average Bonchev–Trinajstić information content (AvgIpc) is 3.24. The molecule has 0 aliphatic heterocycles. The van der Waals surface area contributed by atoms with E-state index in [2.05, 4.69) is 21.8 Å². The minimum absolute atomic E-state index is 0.0907. The van der Waals surface area contributed by atoms with Crippen LogP contribution in [-0.4, -0.2) is 36.6 Å². The molecule has 162 valence electrons. The molecule has 0 N–H and O–H groups in total. The van der Waals surface area contributed by atoms with Gasteiger partial charge in [0.25, 0.3) is 10.0 Å². The number of methoxy groups -OCH3 is 2. The van der Waals surface area contributed by atoms with Crippen LogP contribution in [0.2, 0.25) is 0 Å². The van der Waals surface area contributed by atoms with Gasteiger partial charge in [-0.05, 0) is 24.1 Å². The Morgan fingerprint density at radius 3 is 2.25 bits per heavy atom. The highest BCUT2D eigenvalue weighted by Crippen LogP contribution is 2.30. The summed E-state index contributed by atoms with van der Waals surface area (Å²) in [4.78, 5) is 8.47. The zero-order valence-electron chi connectivity index (χ0n) is 16.8. The van der Waals surface area contributed by atoms with Gasteiger partial charge in [0.15, 0.2) is 28.8 Å². The van der Waals surface area contributed by atoms with Crippen molar-refractivity contribution in [1.82, 2.24) is 13.9 Å². The normalized spacial score (nSPS) is 11.1. The molecule has 7 nitrogen and oxygen atoms in total. The SMILES string of the molecule is COc1cc(OC)c(F)c(C#Cc2cnc3c(ccn3S(=O)(=O)c3ccccc3)n2)c1F. The van der Waals surface area contributed by atoms with Gasteiger partial charge in [-0.25, -0.2) is 31.1 Å². The molecule has 0 aliphatic rings. The molecule has 2 heterocycles. The maximum atomic E-state index is 14.5. The molecule has 0 spiro atoms. The third-order valence-electron chi connectivity index (χ3n) is 4.54. The summed E-state index contributed by atoms with van der Waals surface area (Å²) in [7, 11) is -1.39. The highest BCUT2D eigenvalue weighted by atomic mass is 32.2. The van der Waals surface area contributed by atoms with E-state index in [0.717, 1.165) is 10.0 Å². The van der Waals surface area contributed by atoms with E-state index in [4.69, 9.17) is 9.47 Å². The Morgan fingerprint density at radius 1 is 0.969 bits per heavy atom. The van der Waals surface area contributed by atoms with E-state index in [1.54, 1.807) is 18.2 Å². The lowest BCUT2D eigenvalue weighted by molar-refractivity contribution is 0.357. The van der Waals surface area contributed by atoms with E-state index in [-0.39, 0.29) is 33.3 Å². The molecule has 0 amide bonds. The fraction of sp³-hybridized carbons (Fsp3) is 0.0909. The van der Waals surface area contributed by atoms with Gasteiger partial charge in [-0.15, -0.1) is 0 Å². The van der Waals surface area contributed by atoms with Crippen molar-refractivity contribution in [2.24, 2.45) is 0 Å². The van der Waals surface area contributed by atoms with Crippen molar-refractivity contribution >= 4 is 21.2 Å². The lowest BCUT2D eigenvalue weighted by Crippen LogP contribution is -2.12. The predicted octanol–water partition coefficient (Wildman–Crippen LogP) is 3.36. The maximum absolute atomic E-state index is 14.5. The van der Waals surface area contributed by atoms with Crippen LogP contribution in [0, 0.1) is 23.5 Å². The first-order valence-corrected chi connectivity index (χ1v) is 10.6. The molecule has 0 unspecified atom stereocenters. The van der Waals surface area contributed by atoms with Crippen LogP contribution in [0.25, 0.3) is 11.2 Å². The minimum Gasteiger partial charge on any atom is -0.493 e. The summed E-state index contributed by atoms with van der Waals surface area (Å²) in [5.41, 5.74) is -0.111. The van der Waals surface area contributed by atoms with E-state index < -0.39 is 27.2 Å². The smallest absolute Gasteiger partial charge is 0.269 e. The number of nitrogens with zero attached hydrogens (tertiary/aromatic N) is 3. The molecular formula is C22H15F2N3O4S. The standard InChI is InChI=1S/C22H15F2N3O4S/c1-30-18-12-19(31-2)21(24)16(20(18)23)9-8-14-13-25-22-17(26-14)10-11-27(22)32(28,29)15-6-4-3-5-7-15/h3-7,10-13H,1-2H3. The van der Waals surface area contributed by atoms with E-state index in [1.807, 2.05) is 0 Å². The molecule has 10 heteroatoms. The van der Waals surface area contributed by atoms with Crippen LogP contribution in [0.15, 0.2) is 59.8 Å². The fourth-order valence-corrected chi connectivity index (χ4v) is 4.29. The van der Waals surface area contributed by atoms with Gasteiger partial charge in [0.05, 0.1) is 25.3 Å². The van der Waals surface area contributed by atoms with Gasteiger partial charge in [0, 0.05) is 12.3 Å². The highest BCUT2D eigenvalue weighted by Gasteiger charge is 2.20. The summed E-state index contributed by atoms with van der Waals surface area (Å²) in [5, 5.41) is 0. The second-order valence-corrected chi connectivity index (χ2v) is 8.24. The first-order chi connectivity index (χ1) is 15.4. The number of aromatic nitrogens is 3. The molecule has 0 saturated carbocycles. The number of ether oxygens (including phenoxy) is 2. The van der Waals surface area contributed by atoms with Crippen molar-refractivity contribution in [3.63, 3.8) is 0 Å². The molecule has 0 fully saturated rings. The molecular weight excluding hydrogens is 440 g/mol. The van der Waals surface area contributed by atoms with Crippen molar-refractivity contribution in [2.45, 2.75) is 4.90 Å². The Kier molecular flexibility index (Phi) is 5.50. The van der Waals surface area contributed by atoms with Crippen LogP contribution in [0.1, 0.15) is 11.3 Å². The average molecular weight is 455 g/mol. The fourth-order valence-electron chi connectivity index (χ4n) is 2.97. The van der Waals surface area contributed by atoms with E-state index in [9.17, 15) is 17.2 Å². The molecule has 4 rings (SSSR count). The van der Waals surface area contributed by atoms with Crippen LogP contribution in [-0.2, 0) is 10.0 Å². The number of fused-ring (bicyclic) bond motifs is 1. The van der Waals surface area contributed by atoms with Gasteiger partial charge in [0.2, 0.25) is 0 Å². The Morgan fingerprint density at radius 2 is 1.62 bits per heavy atom. The van der Waals surface area contributed by atoms with Crippen molar-refractivity contribution in [2.75, 3.05) is 14.2 Å². The van der Waals surface area contributed by atoms with Crippen molar-refractivity contribution < 1.29 is 26.7 Å². The zero-order valence-corrected chi connectivity index (χ0v) is 17.7. The quantitative estimate of drug-likeness (QED) is 0.439. The van der Waals surface area contributed by atoms with E-state index in [1.165, 1.54) is 44.8 Å². The Bertz CT molecular complexity index is 1460. The number of hydrogen-bond donors (Lipinski definition) is 0. The first-order valence-electron chi connectivity index (χ1n) is 9.13. The summed E-state index contributed by atoms with van der Waals surface area (Å²) in [6, 6.07) is 10.4. The minimum atomic E-state index is -3.87. The van der Waals surface area contributed by atoms with Gasteiger partial charge in [-0.3, -0.25) is 0 Å². The van der Waals surface area contributed by atoms with Crippen molar-refractivity contribution in [3.05, 3.63) is 77.8 Å². The summed E-state index contributed by atoms with van der Waals surface area (Å²) < 4.78 is 65.4. The molecule has 0 aliphatic carbocycles. The zero-order chi connectivity index (χ0) is 22.9. The summed E-state index contributed by atoms with van der Waals surface area (Å²) in [6.07, 6.45) is 2.55. The van der Waals surface area contributed by atoms with Crippen LogP contribution >= 0.6 is 0 Å². The van der Waals surface area contributed by atoms with E-state index >= 15 is 0 Å². The van der Waals surface area contributed by atoms with Crippen LogP contribution in [0.4, 0.5) is 8.78 Å². The number of benzene rings is 2. The lowest BCUT2D eigenvalue weighted by atomic mass is 10.1. The predicted molar refractivity (Wildman–Crippen MR) is 112 cm³/mol. The monoisotopic (exact) mass is 455 g/mol. The largest absolute Gasteiger partial charge is 0.493 e. The topological polar surface area (TPSA) is 83.3 Å². The molecule has 4 aromatic rings. The molecule has 32 heavy (non-hydrogen) atoms. The third-order valence-corrected chi connectivity index (χ3v) is 6.23. The Labute approximate surface area is 182 Å². The first kappa shape index (κ1) is 21.3. The van der Waals surface area contributed by atoms with Gasteiger partial charge < -0.3 is 9.47 Å². The number of rotatable bonds is 4. The van der Waals surface area contributed by atoms with Gasteiger partial charge in [-0.2, -0.15) is 0 Å². The van der Waals surface area contributed by atoms with Crippen LogP contribution in [0.3, 0.4) is 0 Å². The lowest BCUT2D eigenvalue weighted by Gasteiger charge is -2.08. The summed E-state index contributed by atoms with van der Waals surface area (Å²) in [6.45, 7) is 0. The maximum Gasteiger partial charge on any atom is 0.269 e. The summed E-state index contributed by atoms with van der Waals surface area (Å²) >= 11 is 0. The summed E-state index contributed by atoms with van der Waals surface area (Å²) in [5.74, 6) is 2.52. The van der Waals surface area contributed by atoms with Crippen molar-refractivity contribution in [3.8, 4) is 23.3 Å². The molecule has 0 saturated heterocycles. The van der Waals surface area contributed by atoms with Gasteiger partial charge in [0.1, 0.15) is 16.8 Å². The number of hydrogen-bond acceptors (Lipinski definition) is 6. The molecule has 0 atom stereocenters. The van der Waals surface area contributed by atoms with E-state index in [0.29, 0.717) is 0 Å². The molecule has 2 aromatic carbocycles. The van der Waals surface area contributed by atoms with Crippen LogP contribution < -0.4 is 9.47 Å². The highest BCUT2D eigenvalue weighted by molar-refractivity contribution is 7.90. The number of halogens is 2. The molecule has 0 bridgehead atoms. The second kappa shape index (κ2) is 8.28. The van der Waals surface area contributed by atoms with Crippen molar-refractivity contribution in [1.29, 1.82) is 0 Å². The molecule has 2 aromatic heterocycles. The third kappa shape index (κ3) is 3.63. The Balaban J connectivity index is 1.76. The van der Waals surface area contributed by atoms with Gasteiger partial charge >= 0.3 is 0 Å². The molecule has 0 radical (unpaired) electrons. The van der Waals surface area contributed by atoms with Crippen LogP contribution in [0.5, 0.6) is 11.5 Å². The van der Waals surface area contributed by atoms with Gasteiger partial charge in [-0.1, -0.05) is 24.1 Å². The second-order valence-electron chi connectivity index (χ2n) is 6.43. The Hall–Kier alpha value is -3.97.